The SMILES string of the molecule is CCCNC(=O)C(CC)N(Cc1ccc(Cl)cc1)C(=O)CN(c1ccc(OC)c(Cl)c1)S(=O)(=O)c1ccc(C)cc1. The maximum Gasteiger partial charge on any atom is 0.264 e. The number of hydrogen-bond donors (Lipinski definition) is 1. The lowest BCUT2D eigenvalue weighted by molar-refractivity contribution is -0.140. The molecule has 1 N–H and O–H groups in total. The normalized spacial score (nSPS) is 12.0. The van der Waals surface area contributed by atoms with Crippen molar-refractivity contribution in [3.05, 3.63) is 87.9 Å². The second-order valence-electron chi connectivity index (χ2n) is 9.51. The fourth-order valence-corrected chi connectivity index (χ4v) is 6.03. The quantitative estimate of drug-likeness (QED) is 0.259. The minimum absolute atomic E-state index is 0.0137. The maximum absolute atomic E-state index is 14.1. The Morgan fingerprint density at radius 2 is 1.63 bits per heavy atom. The number of carbonyl (C=O) groups excluding carboxylic acids is 2. The average molecular weight is 621 g/mol. The Labute approximate surface area is 252 Å². The summed E-state index contributed by atoms with van der Waals surface area (Å²) in [5.74, 6) is -0.504. The van der Waals surface area contributed by atoms with Crippen LogP contribution in [0.3, 0.4) is 0 Å². The Balaban J connectivity index is 2.08. The molecule has 0 aromatic heterocycles. The van der Waals surface area contributed by atoms with E-state index in [1.165, 1.54) is 36.3 Å². The smallest absolute Gasteiger partial charge is 0.264 e. The van der Waals surface area contributed by atoms with E-state index < -0.39 is 28.5 Å². The second-order valence-corrected chi connectivity index (χ2v) is 12.2. The summed E-state index contributed by atoms with van der Waals surface area (Å²) < 4.78 is 34.2. The molecule has 0 aliphatic heterocycles. The van der Waals surface area contributed by atoms with Crippen LogP contribution in [-0.2, 0) is 26.2 Å². The zero-order chi connectivity index (χ0) is 30.2. The van der Waals surface area contributed by atoms with Crippen LogP contribution >= 0.6 is 23.2 Å². The van der Waals surface area contributed by atoms with E-state index in [9.17, 15) is 18.0 Å². The predicted molar refractivity (Wildman–Crippen MR) is 163 cm³/mol. The van der Waals surface area contributed by atoms with Crippen molar-refractivity contribution in [1.82, 2.24) is 10.2 Å². The lowest BCUT2D eigenvalue weighted by atomic mass is 10.1. The van der Waals surface area contributed by atoms with E-state index >= 15 is 0 Å². The number of halogens is 2. The molecule has 0 bridgehead atoms. The molecule has 220 valence electrons. The van der Waals surface area contributed by atoms with E-state index in [0.29, 0.717) is 23.7 Å². The number of nitrogens with zero attached hydrogens (tertiary/aromatic N) is 2. The van der Waals surface area contributed by atoms with Gasteiger partial charge in [0.2, 0.25) is 11.8 Å². The van der Waals surface area contributed by atoms with Crippen molar-refractivity contribution >= 4 is 50.7 Å². The fraction of sp³-hybridized carbons (Fsp3) is 0.333. The Morgan fingerprint density at radius 1 is 0.976 bits per heavy atom. The predicted octanol–water partition coefficient (Wildman–Crippen LogP) is 5.84. The van der Waals surface area contributed by atoms with Crippen LogP contribution in [0.4, 0.5) is 5.69 Å². The molecule has 2 amide bonds. The molecule has 8 nitrogen and oxygen atoms in total. The van der Waals surface area contributed by atoms with Gasteiger partial charge in [-0.25, -0.2) is 8.42 Å². The minimum Gasteiger partial charge on any atom is -0.495 e. The molecule has 3 rings (SSSR count). The molecule has 0 saturated heterocycles. The average Bonchev–Trinajstić information content (AvgIpc) is 2.95. The fourth-order valence-electron chi connectivity index (χ4n) is 4.25. The molecule has 3 aromatic carbocycles. The van der Waals surface area contributed by atoms with Crippen molar-refractivity contribution in [2.24, 2.45) is 0 Å². The summed E-state index contributed by atoms with van der Waals surface area (Å²) in [7, 11) is -2.76. The minimum atomic E-state index is -4.21. The van der Waals surface area contributed by atoms with Gasteiger partial charge in [-0.1, -0.05) is 66.9 Å². The molecule has 0 fully saturated rings. The summed E-state index contributed by atoms with van der Waals surface area (Å²) in [6.07, 6.45) is 1.06. The Hall–Kier alpha value is -3.27. The van der Waals surface area contributed by atoms with Gasteiger partial charge in [0, 0.05) is 18.1 Å². The number of methoxy groups -OCH3 is 1. The van der Waals surface area contributed by atoms with Gasteiger partial charge in [-0.15, -0.1) is 0 Å². The van der Waals surface area contributed by atoms with Crippen molar-refractivity contribution in [1.29, 1.82) is 0 Å². The first kappa shape index (κ1) is 32.2. The highest BCUT2D eigenvalue weighted by atomic mass is 35.5. The number of hydrogen-bond acceptors (Lipinski definition) is 5. The van der Waals surface area contributed by atoms with Gasteiger partial charge in [0.1, 0.15) is 18.3 Å². The zero-order valence-corrected chi connectivity index (χ0v) is 25.9. The zero-order valence-electron chi connectivity index (χ0n) is 23.6. The lowest BCUT2D eigenvalue weighted by Crippen LogP contribution is -2.52. The number of amides is 2. The Bertz CT molecular complexity index is 1450. The van der Waals surface area contributed by atoms with E-state index in [-0.39, 0.29) is 28.1 Å². The molecular weight excluding hydrogens is 585 g/mol. The van der Waals surface area contributed by atoms with E-state index in [1.54, 1.807) is 42.5 Å². The van der Waals surface area contributed by atoms with E-state index in [2.05, 4.69) is 5.32 Å². The number of rotatable bonds is 13. The summed E-state index contributed by atoms with van der Waals surface area (Å²) in [5.41, 5.74) is 1.81. The molecule has 3 aromatic rings. The van der Waals surface area contributed by atoms with Crippen molar-refractivity contribution in [2.45, 2.75) is 51.1 Å². The topological polar surface area (TPSA) is 96.0 Å². The standard InChI is InChI=1S/C30H35Cl2N3O5S/c1-5-17-33-30(37)27(6-2)34(19-22-9-11-23(31)12-10-22)29(36)20-35(24-13-16-28(40-4)26(32)18-24)41(38,39)25-14-7-21(3)8-15-25/h7-16,18,27H,5-6,17,19-20H2,1-4H3,(H,33,37). The van der Waals surface area contributed by atoms with Gasteiger partial charge >= 0.3 is 0 Å². The highest BCUT2D eigenvalue weighted by Gasteiger charge is 2.33. The van der Waals surface area contributed by atoms with Gasteiger partial charge in [-0.3, -0.25) is 13.9 Å². The Kier molecular flexibility index (Phi) is 11.5. The highest BCUT2D eigenvalue weighted by Crippen LogP contribution is 2.32. The van der Waals surface area contributed by atoms with Gasteiger partial charge in [-0.2, -0.15) is 0 Å². The molecule has 0 aliphatic carbocycles. The number of aryl methyl sites for hydroxylation is 1. The van der Waals surface area contributed by atoms with Crippen LogP contribution in [0.15, 0.2) is 71.6 Å². The molecule has 0 spiro atoms. The van der Waals surface area contributed by atoms with Crippen molar-refractivity contribution in [3.63, 3.8) is 0 Å². The first-order valence-corrected chi connectivity index (χ1v) is 15.5. The van der Waals surface area contributed by atoms with Gasteiger partial charge < -0.3 is 15.0 Å². The molecule has 1 unspecified atom stereocenters. The summed E-state index contributed by atoms with van der Waals surface area (Å²) >= 11 is 12.4. The highest BCUT2D eigenvalue weighted by molar-refractivity contribution is 7.92. The van der Waals surface area contributed by atoms with Crippen LogP contribution in [0.1, 0.15) is 37.8 Å². The summed E-state index contributed by atoms with van der Waals surface area (Å²) in [6.45, 7) is 5.56. The molecule has 1 atom stereocenters. The number of ether oxygens (including phenoxy) is 1. The van der Waals surface area contributed by atoms with Crippen LogP contribution in [0.2, 0.25) is 10.0 Å². The van der Waals surface area contributed by atoms with Gasteiger partial charge in [0.15, 0.2) is 0 Å². The summed E-state index contributed by atoms with van der Waals surface area (Å²) in [4.78, 5) is 28.7. The lowest BCUT2D eigenvalue weighted by Gasteiger charge is -2.33. The van der Waals surface area contributed by atoms with Crippen LogP contribution < -0.4 is 14.4 Å². The van der Waals surface area contributed by atoms with Crippen LogP contribution in [0.5, 0.6) is 5.75 Å². The monoisotopic (exact) mass is 619 g/mol. The second kappa shape index (κ2) is 14.6. The first-order chi connectivity index (χ1) is 19.5. The molecule has 0 saturated carbocycles. The number of benzene rings is 3. The van der Waals surface area contributed by atoms with Crippen LogP contribution in [0.25, 0.3) is 0 Å². The van der Waals surface area contributed by atoms with Crippen molar-refractivity contribution in [2.75, 3.05) is 24.5 Å². The van der Waals surface area contributed by atoms with Crippen molar-refractivity contribution in [3.8, 4) is 5.75 Å². The largest absolute Gasteiger partial charge is 0.495 e. The van der Waals surface area contributed by atoms with Gasteiger partial charge in [0.05, 0.1) is 22.7 Å². The molecule has 0 heterocycles. The number of nitrogens with one attached hydrogen (secondary N) is 1. The van der Waals surface area contributed by atoms with E-state index in [1.807, 2.05) is 20.8 Å². The molecule has 11 heteroatoms. The maximum atomic E-state index is 14.1. The number of anilines is 1. The summed E-state index contributed by atoms with van der Waals surface area (Å²) in [5, 5.41) is 3.58. The molecule has 0 aliphatic rings. The van der Waals surface area contributed by atoms with Crippen molar-refractivity contribution < 1.29 is 22.7 Å². The number of carbonyl (C=O) groups is 2. The van der Waals surface area contributed by atoms with Gasteiger partial charge in [-0.05, 0) is 67.8 Å². The number of sulfonamides is 1. The van der Waals surface area contributed by atoms with E-state index in [0.717, 1.165) is 21.9 Å². The Morgan fingerprint density at radius 3 is 2.20 bits per heavy atom. The van der Waals surface area contributed by atoms with Crippen LogP contribution in [0, 0.1) is 6.92 Å². The third kappa shape index (κ3) is 8.15. The molecular formula is C30H35Cl2N3O5S. The third-order valence-corrected chi connectivity index (χ3v) is 8.85. The summed E-state index contributed by atoms with van der Waals surface area (Å²) in [6, 6.07) is 17.0. The van der Waals surface area contributed by atoms with E-state index in [4.69, 9.17) is 27.9 Å². The third-order valence-electron chi connectivity index (χ3n) is 6.51. The van der Waals surface area contributed by atoms with Gasteiger partial charge in [0.25, 0.3) is 10.0 Å². The molecule has 41 heavy (non-hydrogen) atoms. The first-order valence-electron chi connectivity index (χ1n) is 13.3. The molecule has 0 radical (unpaired) electrons. The van der Waals surface area contributed by atoms with Crippen LogP contribution in [-0.4, -0.2) is 51.4 Å².